The van der Waals surface area contributed by atoms with E-state index in [1.54, 1.807) is 24.3 Å². The van der Waals surface area contributed by atoms with E-state index in [1.165, 1.54) is 12.8 Å². The van der Waals surface area contributed by atoms with Crippen molar-refractivity contribution in [2.45, 2.75) is 76.4 Å². The fraction of sp³-hybridized carbons (Fsp3) is 0.500. The van der Waals surface area contributed by atoms with E-state index in [0.717, 1.165) is 51.4 Å². The van der Waals surface area contributed by atoms with Crippen molar-refractivity contribution in [2.75, 3.05) is 0 Å². The van der Waals surface area contributed by atoms with E-state index in [1.807, 2.05) is 36.4 Å². The number of hydrogen-bond donors (Lipinski definition) is 0. The van der Waals surface area contributed by atoms with Gasteiger partial charge in [0.15, 0.2) is 0 Å². The molecule has 2 saturated carbocycles. The molecule has 0 spiro atoms. The van der Waals surface area contributed by atoms with Crippen molar-refractivity contribution in [3.05, 3.63) is 71.8 Å². The topological polar surface area (TPSA) is 52.6 Å². The van der Waals surface area contributed by atoms with Gasteiger partial charge in [0.05, 0.1) is 11.1 Å². The fourth-order valence-electron chi connectivity index (χ4n) is 5.32. The number of fused-ring (bicyclic) bond motifs is 3. The third-order valence-electron chi connectivity index (χ3n) is 7.06. The van der Waals surface area contributed by atoms with E-state index in [0.29, 0.717) is 11.1 Å². The second-order valence-electron chi connectivity index (χ2n) is 9.27. The van der Waals surface area contributed by atoms with Crippen molar-refractivity contribution in [3.8, 4) is 0 Å². The summed E-state index contributed by atoms with van der Waals surface area (Å²) in [5.41, 5.74) is 1.09. The molecular formula is C28H34O4. The maximum atomic E-state index is 13.1. The highest BCUT2D eigenvalue weighted by Gasteiger charge is 2.41. The third-order valence-corrected chi connectivity index (χ3v) is 7.06. The molecule has 0 heterocycles. The largest absolute Gasteiger partial charge is 0.455 e. The van der Waals surface area contributed by atoms with Crippen LogP contribution in [-0.4, -0.2) is 24.1 Å². The van der Waals surface area contributed by atoms with Gasteiger partial charge in [0.25, 0.3) is 0 Å². The van der Waals surface area contributed by atoms with Gasteiger partial charge in [-0.1, -0.05) is 74.9 Å². The van der Waals surface area contributed by atoms with E-state index >= 15 is 0 Å². The van der Waals surface area contributed by atoms with Crippen LogP contribution in [0, 0.1) is 11.8 Å². The Labute approximate surface area is 191 Å². The number of ether oxygens (including phenoxy) is 2. The summed E-state index contributed by atoms with van der Waals surface area (Å²) in [6.45, 7) is 0. The Morgan fingerprint density at radius 3 is 1.22 bits per heavy atom. The molecule has 32 heavy (non-hydrogen) atoms. The Kier molecular flexibility index (Phi) is 7.97. The number of esters is 2. The summed E-state index contributed by atoms with van der Waals surface area (Å²) < 4.78 is 12.5. The second kappa shape index (κ2) is 11.3. The van der Waals surface area contributed by atoms with Gasteiger partial charge in [-0.3, -0.25) is 0 Å². The van der Waals surface area contributed by atoms with Crippen LogP contribution < -0.4 is 0 Å². The third kappa shape index (κ3) is 5.79. The van der Waals surface area contributed by atoms with E-state index in [4.69, 9.17) is 9.47 Å². The van der Waals surface area contributed by atoms with Gasteiger partial charge in [-0.2, -0.15) is 0 Å². The normalized spacial score (nSPS) is 26.4. The fourth-order valence-corrected chi connectivity index (χ4v) is 5.32. The predicted octanol–water partition coefficient (Wildman–Crippen LogP) is 6.60. The molecule has 4 nitrogen and oxygen atoms in total. The molecule has 2 bridgehead atoms. The van der Waals surface area contributed by atoms with Gasteiger partial charge < -0.3 is 9.47 Å². The molecule has 0 aromatic heterocycles. The monoisotopic (exact) mass is 434 g/mol. The van der Waals surface area contributed by atoms with Crippen LogP contribution in [0.1, 0.15) is 84.9 Å². The minimum Gasteiger partial charge on any atom is -0.455 e. The summed E-state index contributed by atoms with van der Waals surface area (Å²) in [6.07, 6.45) is 10.2. The predicted molar refractivity (Wildman–Crippen MR) is 124 cm³/mol. The molecular weight excluding hydrogens is 400 g/mol. The van der Waals surface area contributed by atoms with E-state index in [-0.39, 0.29) is 23.8 Å². The molecule has 2 aliphatic carbocycles. The summed E-state index contributed by atoms with van der Waals surface area (Å²) in [5.74, 6) is -0.206. The smallest absolute Gasteiger partial charge is 0.338 e. The van der Waals surface area contributed by atoms with Crippen LogP contribution in [0.3, 0.4) is 0 Å². The first-order valence-electron chi connectivity index (χ1n) is 12.2. The summed E-state index contributed by atoms with van der Waals surface area (Å²) in [4.78, 5) is 26.2. The Morgan fingerprint density at radius 1 is 0.531 bits per heavy atom. The molecule has 2 aromatic rings. The lowest BCUT2D eigenvalue weighted by molar-refractivity contribution is -0.0787. The van der Waals surface area contributed by atoms with Gasteiger partial charge in [0.2, 0.25) is 0 Å². The highest BCUT2D eigenvalue weighted by molar-refractivity contribution is 5.90. The van der Waals surface area contributed by atoms with Crippen molar-refractivity contribution in [1.29, 1.82) is 0 Å². The number of carbonyl (C=O) groups is 2. The van der Waals surface area contributed by atoms with Gasteiger partial charge in [-0.15, -0.1) is 0 Å². The first-order chi connectivity index (χ1) is 15.7. The van der Waals surface area contributed by atoms with Crippen LogP contribution >= 0.6 is 0 Å². The van der Waals surface area contributed by atoms with Crippen molar-refractivity contribution in [1.82, 2.24) is 0 Å². The van der Waals surface area contributed by atoms with Crippen LogP contribution in [0.2, 0.25) is 0 Å². The zero-order valence-corrected chi connectivity index (χ0v) is 18.8. The highest BCUT2D eigenvalue weighted by Crippen LogP contribution is 2.37. The minimum atomic E-state index is -0.406. The van der Waals surface area contributed by atoms with Crippen molar-refractivity contribution < 1.29 is 19.1 Å². The first-order valence-corrected chi connectivity index (χ1v) is 12.2. The summed E-state index contributed by atoms with van der Waals surface area (Å²) in [7, 11) is 0. The summed E-state index contributed by atoms with van der Waals surface area (Å²) in [6, 6.07) is 18.3. The average molecular weight is 435 g/mol. The van der Waals surface area contributed by atoms with Crippen molar-refractivity contribution >= 4 is 11.9 Å². The molecule has 2 aliphatic rings. The maximum Gasteiger partial charge on any atom is 0.338 e. The Bertz CT molecular complexity index is 778. The van der Waals surface area contributed by atoms with Crippen LogP contribution in [0.25, 0.3) is 0 Å². The van der Waals surface area contributed by atoms with Crippen LogP contribution in [-0.2, 0) is 9.47 Å². The number of benzene rings is 2. The molecule has 0 radical (unpaired) electrons. The van der Waals surface area contributed by atoms with E-state index in [2.05, 4.69) is 0 Å². The second-order valence-corrected chi connectivity index (χ2v) is 9.27. The SMILES string of the molecule is O=C(OC1C2CCCCCC(CCCCC2)C1OC(=O)c1ccccc1)c1ccccc1. The number of carbonyl (C=O) groups excluding carboxylic acids is 2. The Morgan fingerprint density at radius 2 is 0.875 bits per heavy atom. The molecule has 0 N–H and O–H groups in total. The van der Waals surface area contributed by atoms with Gasteiger partial charge in [-0.25, -0.2) is 9.59 Å². The molecule has 0 aliphatic heterocycles. The quantitative estimate of drug-likeness (QED) is 0.509. The van der Waals surface area contributed by atoms with Crippen LogP contribution in [0.5, 0.6) is 0 Å². The van der Waals surface area contributed by atoms with Gasteiger partial charge in [0, 0.05) is 0 Å². The number of rotatable bonds is 4. The lowest BCUT2D eigenvalue weighted by Gasteiger charge is -2.36. The molecule has 2 unspecified atom stereocenters. The molecule has 2 fully saturated rings. The molecule has 4 rings (SSSR count). The average Bonchev–Trinajstić information content (AvgIpc) is 2.95. The Hall–Kier alpha value is -2.62. The number of hydrogen-bond acceptors (Lipinski definition) is 4. The summed E-state index contributed by atoms with van der Waals surface area (Å²) in [5, 5.41) is 0. The molecule has 2 aromatic carbocycles. The Balaban J connectivity index is 1.66. The van der Waals surface area contributed by atoms with Crippen LogP contribution in [0.15, 0.2) is 60.7 Å². The first kappa shape index (κ1) is 22.6. The minimum absolute atomic E-state index is 0.218. The van der Waals surface area contributed by atoms with E-state index < -0.39 is 12.2 Å². The van der Waals surface area contributed by atoms with Gasteiger partial charge in [0.1, 0.15) is 12.2 Å². The lowest BCUT2D eigenvalue weighted by Crippen LogP contribution is -2.44. The van der Waals surface area contributed by atoms with Crippen molar-refractivity contribution in [2.24, 2.45) is 11.8 Å². The van der Waals surface area contributed by atoms with E-state index in [9.17, 15) is 9.59 Å². The summed E-state index contributed by atoms with van der Waals surface area (Å²) >= 11 is 0. The standard InChI is InChI=1S/C28H34O4/c29-27(23-17-9-3-10-18-23)31-25-21-13-5-1-6-14-22(16-8-2-7-15-21)26(25)32-28(30)24-19-11-4-12-20-24/h3-4,9-12,17-22,25-26H,1-2,5-8,13-16H2. The molecule has 0 saturated heterocycles. The molecule has 4 heteroatoms. The molecule has 170 valence electrons. The maximum absolute atomic E-state index is 13.1. The zero-order valence-electron chi connectivity index (χ0n) is 18.8. The highest BCUT2D eigenvalue weighted by atomic mass is 16.6. The van der Waals surface area contributed by atoms with Crippen molar-refractivity contribution in [3.63, 3.8) is 0 Å². The lowest BCUT2D eigenvalue weighted by atomic mass is 9.84. The van der Waals surface area contributed by atoms with Crippen LogP contribution in [0.4, 0.5) is 0 Å². The molecule has 2 atom stereocenters. The zero-order chi connectivity index (χ0) is 22.2. The molecule has 0 amide bonds. The van der Waals surface area contributed by atoms with Gasteiger partial charge >= 0.3 is 11.9 Å². The van der Waals surface area contributed by atoms with Gasteiger partial charge in [-0.05, 0) is 61.8 Å².